The number of ether oxygens (including phenoxy) is 1. The van der Waals surface area contributed by atoms with Crippen molar-refractivity contribution < 1.29 is 9.53 Å². The molecule has 0 spiro atoms. The van der Waals surface area contributed by atoms with E-state index in [0.29, 0.717) is 11.8 Å². The van der Waals surface area contributed by atoms with Gasteiger partial charge in [0.2, 0.25) is 5.91 Å². The summed E-state index contributed by atoms with van der Waals surface area (Å²) in [5.74, 6) is 1.31. The van der Waals surface area contributed by atoms with Crippen molar-refractivity contribution in [2.24, 2.45) is 11.8 Å². The fraction of sp³-hybridized carbons (Fsp3) is 0.875. The van der Waals surface area contributed by atoms with Crippen molar-refractivity contribution in [2.75, 3.05) is 32.2 Å². The minimum absolute atomic E-state index is 0.0612. The van der Waals surface area contributed by atoms with Gasteiger partial charge in [-0.2, -0.15) is 0 Å². The zero-order chi connectivity index (χ0) is 8.55. The van der Waals surface area contributed by atoms with Crippen LogP contribution in [0.3, 0.4) is 0 Å². The van der Waals surface area contributed by atoms with Gasteiger partial charge in [-0.1, -0.05) is 0 Å². The molecular formula is C8H12ClNO2. The van der Waals surface area contributed by atoms with Crippen molar-refractivity contribution in [3.05, 3.63) is 0 Å². The number of fused-ring (bicyclic) bond motifs is 1. The Balaban J connectivity index is 1.94. The molecule has 2 fully saturated rings. The second kappa shape index (κ2) is 3.23. The molecule has 3 nitrogen and oxygen atoms in total. The Bertz CT molecular complexity index is 185. The highest BCUT2D eigenvalue weighted by Gasteiger charge is 2.38. The van der Waals surface area contributed by atoms with Crippen molar-refractivity contribution in [1.29, 1.82) is 0 Å². The van der Waals surface area contributed by atoms with Gasteiger partial charge < -0.3 is 9.64 Å². The molecule has 2 saturated heterocycles. The van der Waals surface area contributed by atoms with E-state index >= 15 is 0 Å². The van der Waals surface area contributed by atoms with Gasteiger partial charge in [0.1, 0.15) is 5.88 Å². The van der Waals surface area contributed by atoms with E-state index in [1.807, 2.05) is 4.90 Å². The summed E-state index contributed by atoms with van der Waals surface area (Å²) in [4.78, 5) is 13.1. The molecule has 0 bridgehead atoms. The molecule has 2 heterocycles. The van der Waals surface area contributed by atoms with Gasteiger partial charge in [-0.05, 0) is 0 Å². The Morgan fingerprint density at radius 2 is 2.00 bits per heavy atom. The summed E-state index contributed by atoms with van der Waals surface area (Å²) in [6.07, 6.45) is 0. The minimum atomic E-state index is 0.0612. The second-order valence-corrected chi connectivity index (χ2v) is 3.76. The standard InChI is InChI=1S/C8H12ClNO2/c9-1-8(11)10-2-6-4-12-5-7(6)3-10/h6-7H,1-5H2/t6-,7+. The maximum Gasteiger partial charge on any atom is 0.237 e. The number of alkyl halides is 1. The summed E-state index contributed by atoms with van der Waals surface area (Å²) >= 11 is 5.47. The van der Waals surface area contributed by atoms with Gasteiger partial charge in [0, 0.05) is 24.9 Å². The van der Waals surface area contributed by atoms with E-state index < -0.39 is 0 Å². The molecule has 0 aromatic carbocycles. The summed E-state index contributed by atoms with van der Waals surface area (Å²) in [7, 11) is 0. The SMILES string of the molecule is O=C(CCl)N1C[C@H]2COC[C@H]2C1. The smallest absolute Gasteiger partial charge is 0.237 e. The zero-order valence-electron chi connectivity index (χ0n) is 6.83. The maximum absolute atomic E-state index is 11.2. The van der Waals surface area contributed by atoms with E-state index in [-0.39, 0.29) is 11.8 Å². The van der Waals surface area contributed by atoms with Crippen molar-refractivity contribution >= 4 is 17.5 Å². The van der Waals surface area contributed by atoms with E-state index in [4.69, 9.17) is 16.3 Å². The number of hydrogen-bond acceptors (Lipinski definition) is 2. The van der Waals surface area contributed by atoms with E-state index in [0.717, 1.165) is 26.3 Å². The molecule has 0 aromatic heterocycles. The first kappa shape index (κ1) is 8.32. The van der Waals surface area contributed by atoms with Crippen LogP contribution < -0.4 is 0 Å². The highest BCUT2D eigenvalue weighted by Crippen LogP contribution is 2.28. The first-order chi connectivity index (χ1) is 5.81. The lowest BCUT2D eigenvalue weighted by Crippen LogP contribution is -2.31. The molecule has 2 aliphatic rings. The Hall–Kier alpha value is -0.280. The Labute approximate surface area is 76.6 Å². The zero-order valence-corrected chi connectivity index (χ0v) is 7.59. The van der Waals surface area contributed by atoms with Crippen LogP contribution >= 0.6 is 11.6 Å². The minimum Gasteiger partial charge on any atom is -0.381 e. The molecule has 0 radical (unpaired) electrons. The van der Waals surface area contributed by atoms with Crippen molar-refractivity contribution in [3.8, 4) is 0 Å². The van der Waals surface area contributed by atoms with Gasteiger partial charge in [-0.15, -0.1) is 11.6 Å². The predicted molar refractivity (Wildman–Crippen MR) is 45.1 cm³/mol. The fourth-order valence-corrected chi connectivity index (χ4v) is 2.14. The molecular weight excluding hydrogens is 178 g/mol. The lowest BCUT2D eigenvalue weighted by atomic mass is 10.0. The highest BCUT2D eigenvalue weighted by atomic mass is 35.5. The van der Waals surface area contributed by atoms with E-state index in [9.17, 15) is 4.79 Å². The van der Waals surface area contributed by atoms with Crippen LogP contribution in [-0.4, -0.2) is 43.0 Å². The van der Waals surface area contributed by atoms with Crippen molar-refractivity contribution in [1.82, 2.24) is 4.90 Å². The summed E-state index contributed by atoms with van der Waals surface area (Å²) in [6.45, 7) is 3.32. The quantitative estimate of drug-likeness (QED) is 0.557. The van der Waals surface area contributed by atoms with Gasteiger partial charge in [-0.3, -0.25) is 4.79 Å². The van der Waals surface area contributed by atoms with Crippen LogP contribution in [0.4, 0.5) is 0 Å². The summed E-state index contributed by atoms with van der Waals surface area (Å²) in [5.41, 5.74) is 0. The highest BCUT2D eigenvalue weighted by molar-refractivity contribution is 6.27. The monoisotopic (exact) mass is 189 g/mol. The van der Waals surface area contributed by atoms with Crippen LogP contribution in [0, 0.1) is 11.8 Å². The summed E-state index contributed by atoms with van der Waals surface area (Å²) in [5, 5.41) is 0. The van der Waals surface area contributed by atoms with Crippen LogP contribution in [-0.2, 0) is 9.53 Å². The van der Waals surface area contributed by atoms with Gasteiger partial charge in [0.15, 0.2) is 0 Å². The number of halogens is 1. The van der Waals surface area contributed by atoms with Gasteiger partial charge >= 0.3 is 0 Å². The van der Waals surface area contributed by atoms with Gasteiger partial charge in [0.25, 0.3) is 0 Å². The van der Waals surface area contributed by atoms with Crippen molar-refractivity contribution in [2.45, 2.75) is 0 Å². The molecule has 0 aromatic rings. The van der Waals surface area contributed by atoms with Crippen LogP contribution in [0.15, 0.2) is 0 Å². The Kier molecular flexibility index (Phi) is 2.24. The third-order valence-electron chi connectivity index (χ3n) is 2.71. The van der Waals surface area contributed by atoms with E-state index in [1.165, 1.54) is 0 Å². The lowest BCUT2D eigenvalue weighted by Gasteiger charge is -2.15. The van der Waals surface area contributed by atoms with Crippen molar-refractivity contribution in [3.63, 3.8) is 0 Å². The number of rotatable bonds is 1. The molecule has 2 atom stereocenters. The molecule has 0 N–H and O–H groups in total. The number of likely N-dealkylation sites (tertiary alicyclic amines) is 1. The summed E-state index contributed by atoms with van der Waals surface area (Å²) < 4.78 is 5.30. The molecule has 1 amide bonds. The Morgan fingerprint density at radius 3 is 2.50 bits per heavy atom. The molecule has 0 unspecified atom stereocenters. The second-order valence-electron chi connectivity index (χ2n) is 3.49. The third-order valence-corrected chi connectivity index (χ3v) is 2.94. The largest absolute Gasteiger partial charge is 0.381 e. The third kappa shape index (κ3) is 1.31. The molecule has 12 heavy (non-hydrogen) atoms. The van der Waals surface area contributed by atoms with Crippen LogP contribution in [0.1, 0.15) is 0 Å². The van der Waals surface area contributed by atoms with Crippen LogP contribution in [0.2, 0.25) is 0 Å². The molecule has 2 rings (SSSR count). The van der Waals surface area contributed by atoms with Gasteiger partial charge in [-0.25, -0.2) is 0 Å². The number of carbonyl (C=O) groups is 1. The number of carbonyl (C=O) groups excluding carboxylic acids is 1. The number of hydrogen-bond donors (Lipinski definition) is 0. The lowest BCUT2D eigenvalue weighted by molar-refractivity contribution is -0.127. The van der Waals surface area contributed by atoms with E-state index in [2.05, 4.69) is 0 Å². The average Bonchev–Trinajstić information content (AvgIpc) is 2.60. The van der Waals surface area contributed by atoms with Gasteiger partial charge in [0.05, 0.1) is 13.2 Å². The van der Waals surface area contributed by atoms with Crippen LogP contribution in [0.25, 0.3) is 0 Å². The molecule has 4 heteroatoms. The average molecular weight is 190 g/mol. The first-order valence-electron chi connectivity index (χ1n) is 4.22. The molecule has 2 aliphatic heterocycles. The Morgan fingerprint density at radius 1 is 1.42 bits per heavy atom. The topological polar surface area (TPSA) is 29.5 Å². The first-order valence-corrected chi connectivity index (χ1v) is 4.76. The fourth-order valence-electron chi connectivity index (χ4n) is 1.98. The molecule has 0 aliphatic carbocycles. The molecule has 0 saturated carbocycles. The normalized spacial score (nSPS) is 33.9. The van der Waals surface area contributed by atoms with Crippen LogP contribution in [0.5, 0.6) is 0 Å². The number of nitrogens with zero attached hydrogens (tertiary/aromatic N) is 1. The maximum atomic E-state index is 11.2. The predicted octanol–water partition coefficient (Wildman–Crippen LogP) is 0.330. The van der Waals surface area contributed by atoms with E-state index in [1.54, 1.807) is 0 Å². The summed E-state index contributed by atoms with van der Waals surface area (Å²) in [6, 6.07) is 0. The number of amides is 1. The molecule has 68 valence electrons.